The number of ether oxygens (including phenoxy) is 3. The fourth-order valence-electron chi connectivity index (χ4n) is 3.65. The molecule has 0 unspecified atom stereocenters. The van der Waals surface area contributed by atoms with Crippen LogP contribution in [-0.4, -0.2) is 62.2 Å². The normalized spacial score (nSPS) is 15.1. The van der Waals surface area contributed by atoms with Crippen LogP contribution in [0.2, 0.25) is 0 Å². The molecule has 0 spiro atoms. The van der Waals surface area contributed by atoms with Crippen LogP contribution in [0.1, 0.15) is 11.1 Å². The largest absolute Gasteiger partial charge is 0.493 e. The van der Waals surface area contributed by atoms with E-state index in [4.69, 9.17) is 14.2 Å². The zero-order valence-corrected chi connectivity index (χ0v) is 17.1. The molecule has 8 nitrogen and oxygen atoms in total. The summed E-state index contributed by atoms with van der Waals surface area (Å²) < 4.78 is 16.3. The SMILES string of the molecule is COc1cc(CN2CCN(Cc3ccccc3[N+](=O)[O-])CC2)cc(OC)c1OC. The fourth-order valence-corrected chi connectivity index (χ4v) is 3.65. The second kappa shape index (κ2) is 9.58. The molecule has 0 amide bonds. The molecule has 8 heteroatoms. The predicted octanol–water partition coefficient (Wildman–Crippen LogP) is 2.94. The van der Waals surface area contributed by atoms with Crippen LogP contribution in [0, 0.1) is 10.1 Å². The van der Waals surface area contributed by atoms with Crippen molar-refractivity contribution in [1.82, 2.24) is 9.80 Å². The van der Waals surface area contributed by atoms with Gasteiger partial charge in [0, 0.05) is 50.9 Å². The minimum absolute atomic E-state index is 0.187. The summed E-state index contributed by atoms with van der Waals surface area (Å²) in [6, 6.07) is 10.9. The van der Waals surface area contributed by atoms with E-state index >= 15 is 0 Å². The predicted molar refractivity (Wildman–Crippen MR) is 110 cm³/mol. The highest BCUT2D eigenvalue weighted by molar-refractivity contribution is 5.53. The van der Waals surface area contributed by atoms with Gasteiger partial charge in [0.05, 0.1) is 26.3 Å². The number of nitro benzene ring substituents is 1. The lowest BCUT2D eigenvalue weighted by molar-refractivity contribution is -0.385. The Morgan fingerprint density at radius 2 is 1.45 bits per heavy atom. The van der Waals surface area contributed by atoms with Crippen molar-refractivity contribution in [2.45, 2.75) is 13.1 Å². The van der Waals surface area contributed by atoms with Crippen LogP contribution >= 0.6 is 0 Å². The summed E-state index contributed by atoms with van der Waals surface area (Å²) >= 11 is 0. The third kappa shape index (κ3) is 4.96. The minimum Gasteiger partial charge on any atom is -0.493 e. The monoisotopic (exact) mass is 401 g/mol. The third-order valence-electron chi connectivity index (χ3n) is 5.18. The average Bonchev–Trinajstić information content (AvgIpc) is 2.74. The van der Waals surface area contributed by atoms with Gasteiger partial charge < -0.3 is 14.2 Å². The van der Waals surface area contributed by atoms with Gasteiger partial charge >= 0.3 is 0 Å². The Balaban J connectivity index is 1.61. The van der Waals surface area contributed by atoms with Crippen molar-refractivity contribution >= 4 is 5.69 Å². The second-order valence-electron chi connectivity index (χ2n) is 6.97. The van der Waals surface area contributed by atoms with Crippen molar-refractivity contribution in [1.29, 1.82) is 0 Å². The van der Waals surface area contributed by atoms with Gasteiger partial charge in [-0.2, -0.15) is 0 Å². The van der Waals surface area contributed by atoms with Gasteiger partial charge in [0.25, 0.3) is 5.69 Å². The lowest BCUT2D eigenvalue weighted by Crippen LogP contribution is -2.45. The van der Waals surface area contributed by atoms with E-state index in [1.807, 2.05) is 24.3 Å². The Morgan fingerprint density at radius 1 is 0.897 bits per heavy atom. The average molecular weight is 401 g/mol. The molecule has 0 atom stereocenters. The van der Waals surface area contributed by atoms with Gasteiger partial charge in [-0.3, -0.25) is 19.9 Å². The first-order chi connectivity index (χ1) is 14.0. The molecule has 156 valence electrons. The lowest BCUT2D eigenvalue weighted by Gasteiger charge is -2.34. The summed E-state index contributed by atoms with van der Waals surface area (Å²) in [6.45, 7) is 4.85. The highest BCUT2D eigenvalue weighted by Gasteiger charge is 2.21. The quantitative estimate of drug-likeness (QED) is 0.497. The first-order valence-electron chi connectivity index (χ1n) is 9.51. The van der Waals surface area contributed by atoms with Crippen LogP contribution in [-0.2, 0) is 13.1 Å². The van der Waals surface area contributed by atoms with Gasteiger partial charge in [0.15, 0.2) is 11.5 Å². The number of nitrogens with zero attached hydrogens (tertiary/aromatic N) is 3. The van der Waals surface area contributed by atoms with Gasteiger partial charge in [-0.25, -0.2) is 0 Å². The Morgan fingerprint density at radius 3 is 1.97 bits per heavy atom. The topological polar surface area (TPSA) is 77.3 Å². The van der Waals surface area contributed by atoms with Crippen molar-refractivity contribution in [2.24, 2.45) is 0 Å². The summed E-state index contributed by atoms with van der Waals surface area (Å²) in [6.07, 6.45) is 0. The number of rotatable bonds is 8. The first-order valence-corrected chi connectivity index (χ1v) is 9.51. The van der Waals surface area contributed by atoms with Crippen molar-refractivity contribution in [3.8, 4) is 17.2 Å². The summed E-state index contributed by atoms with van der Waals surface area (Å²) in [4.78, 5) is 15.5. The van der Waals surface area contributed by atoms with Crippen molar-refractivity contribution < 1.29 is 19.1 Å². The maximum atomic E-state index is 11.2. The molecule has 2 aromatic rings. The molecule has 0 radical (unpaired) electrons. The van der Waals surface area contributed by atoms with E-state index in [1.54, 1.807) is 33.5 Å². The molecule has 0 N–H and O–H groups in total. The maximum Gasteiger partial charge on any atom is 0.273 e. The molecule has 1 fully saturated rings. The number of nitro groups is 1. The zero-order valence-electron chi connectivity index (χ0n) is 17.1. The molecule has 1 heterocycles. The standard InChI is InChI=1S/C21H27N3O5/c1-27-19-12-16(13-20(28-2)21(19)29-3)14-22-8-10-23(11-9-22)15-17-6-4-5-7-18(17)24(25)26/h4-7,12-13H,8-11,14-15H2,1-3H3. The zero-order chi connectivity index (χ0) is 20.8. The van der Waals surface area contributed by atoms with E-state index in [-0.39, 0.29) is 10.6 Å². The first kappa shape index (κ1) is 20.9. The van der Waals surface area contributed by atoms with Gasteiger partial charge in [-0.15, -0.1) is 0 Å². The van der Waals surface area contributed by atoms with Crippen molar-refractivity contribution in [3.63, 3.8) is 0 Å². The van der Waals surface area contributed by atoms with Gasteiger partial charge in [-0.05, 0) is 17.7 Å². The van der Waals surface area contributed by atoms with Crippen LogP contribution in [0.25, 0.3) is 0 Å². The fraction of sp³-hybridized carbons (Fsp3) is 0.429. The van der Waals surface area contributed by atoms with Crippen LogP contribution in [0.5, 0.6) is 17.2 Å². The Hall–Kier alpha value is -2.84. The minimum atomic E-state index is -0.309. The molecule has 1 saturated heterocycles. The molecule has 1 aliphatic rings. The number of methoxy groups -OCH3 is 3. The molecule has 0 aromatic heterocycles. The molecule has 2 aromatic carbocycles. The Kier molecular flexibility index (Phi) is 6.90. The van der Waals surface area contributed by atoms with Crippen molar-refractivity contribution in [2.75, 3.05) is 47.5 Å². The van der Waals surface area contributed by atoms with E-state index < -0.39 is 0 Å². The molecule has 29 heavy (non-hydrogen) atoms. The Bertz CT molecular complexity index is 825. The number of benzene rings is 2. The van der Waals surface area contributed by atoms with E-state index in [1.165, 1.54) is 0 Å². The van der Waals surface area contributed by atoms with E-state index in [0.717, 1.165) is 43.9 Å². The lowest BCUT2D eigenvalue weighted by atomic mass is 10.1. The summed E-state index contributed by atoms with van der Waals surface area (Å²) in [7, 11) is 4.82. The van der Waals surface area contributed by atoms with Crippen molar-refractivity contribution in [3.05, 3.63) is 57.6 Å². The van der Waals surface area contributed by atoms with E-state index in [9.17, 15) is 10.1 Å². The van der Waals surface area contributed by atoms with Crippen LogP contribution in [0.15, 0.2) is 36.4 Å². The number of piperazine rings is 1. The smallest absolute Gasteiger partial charge is 0.273 e. The molecular formula is C21H27N3O5. The number of hydrogen-bond acceptors (Lipinski definition) is 7. The number of para-hydroxylation sites is 1. The van der Waals surface area contributed by atoms with E-state index in [2.05, 4.69) is 9.80 Å². The second-order valence-corrected chi connectivity index (χ2v) is 6.97. The molecule has 0 bridgehead atoms. The van der Waals surface area contributed by atoms with E-state index in [0.29, 0.717) is 23.8 Å². The molecule has 1 aliphatic heterocycles. The van der Waals surface area contributed by atoms with Crippen LogP contribution in [0.4, 0.5) is 5.69 Å². The van der Waals surface area contributed by atoms with Gasteiger partial charge in [0.2, 0.25) is 5.75 Å². The third-order valence-corrected chi connectivity index (χ3v) is 5.18. The molecule has 0 saturated carbocycles. The number of hydrogen-bond donors (Lipinski definition) is 0. The van der Waals surface area contributed by atoms with Gasteiger partial charge in [0.1, 0.15) is 0 Å². The molecule has 0 aliphatic carbocycles. The molecular weight excluding hydrogens is 374 g/mol. The highest BCUT2D eigenvalue weighted by Crippen LogP contribution is 2.38. The summed E-state index contributed by atoms with van der Waals surface area (Å²) in [5.41, 5.74) is 2.04. The van der Waals surface area contributed by atoms with Crippen LogP contribution in [0.3, 0.4) is 0 Å². The highest BCUT2D eigenvalue weighted by atomic mass is 16.6. The molecule has 3 rings (SSSR count). The maximum absolute atomic E-state index is 11.2. The summed E-state index contributed by atoms with van der Waals surface area (Å²) in [5, 5.41) is 11.2. The summed E-state index contributed by atoms with van der Waals surface area (Å²) in [5.74, 6) is 1.89. The van der Waals surface area contributed by atoms with Gasteiger partial charge in [-0.1, -0.05) is 18.2 Å². The van der Waals surface area contributed by atoms with Crippen LogP contribution < -0.4 is 14.2 Å². The Labute approximate surface area is 170 Å².